The Morgan fingerprint density at radius 3 is 3.00 bits per heavy atom. The standard InChI is InChI=1S/C13H18IN3O/c1-10(2)5-15-6-11-3-4-18-13(11)9-17-8-12(14)7-16-17/h3-4,7-8,10,15H,5-6,9H2,1-2H3. The van der Waals surface area contributed by atoms with Crippen LogP contribution in [0.4, 0.5) is 0 Å². The summed E-state index contributed by atoms with van der Waals surface area (Å²) in [5.41, 5.74) is 1.21. The van der Waals surface area contributed by atoms with Gasteiger partial charge in [-0.05, 0) is 41.1 Å². The van der Waals surface area contributed by atoms with E-state index in [1.165, 1.54) is 5.56 Å². The molecular formula is C13H18IN3O. The molecule has 0 aromatic carbocycles. The third-order valence-electron chi connectivity index (χ3n) is 2.61. The fourth-order valence-electron chi connectivity index (χ4n) is 1.73. The first-order valence-corrected chi connectivity index (χ1v) is 7.17. The second-order valence-corrected chi connectivity index (χ2v) is 6.00. The summed E-state index contributed by atoms with van der Waals surface area (Å²) in [6.45, 7) is 6.96. The van der Waals surface area contributed by atoms with Crippen LogP contribution in [0.2, 0.25) is 0 Å². The van der Waals surface area contributed by atoms with Gasteiger partial charge in [-0.2, -0.15) is 5.10 Å². The Kier molecular flexibility index (Phi) is 4.82. The van der Waals surface area contributed by atoms with Gasteiger partial charge in [0.2, 0.25) is 0 Å². The van der Waals surface area contributed by atoms with Crippen LogP contribution in [0.25, 0.3) is 0 Å². The highest BCUT2D eigenvalue weighted by molar-refractivity contribution is 14.1. The molecule has 0 atom stereocenters. The van der Waals surface area contributed by atoms with Crippen molar-refractivity contribution in [3.8, 4) is 0 Å². The zero-order valence-corrected chi connectivity index (χ0v) is 12.8. The average Bonchev–Trinajstić information content (AvgIpc) is 2.89. The van der Waals surface area contributed by atoms with E-state index in [0.29, 0.717) is 12.5 Å². The number of nitrogens with one attached hydrogen (secondary N) is 1. The van der Waals surface area contributed by atoms with Crippen LogP contribution in [-0.4, -0.2) is 16.3 Å². The van der Waals surface area contributed by atoms with Crippen LogP contribution in [0.5, 0.6) is 0 Å². The molecule has 0 saturated heterocycles. The van der Waals surface area contributed by atoms with Crippen molar-refractivity contribution in [3.63, 3.8) is 0 Å². The minimum Gasteiger partial charge on any atom is -0.467 e. The topological polar surface area (TPSA) is 43.0 Å². The smallest absolute Gasteiger partial charge is 0.129 e. The van der Waals surface area contributed by atoms with E-state index >= 15 is 0 Å². The highest BCUT2D eigenvalue weighted by atomic mass is 127. The molecule has 2 heterocycles. The third kappa shape index (κ3) is 3.84. The average molecular weight is 359 g/mol. The molecule has 0 radical (unpaired) electrons. The summed E-state index contributed by atoms with van der Waals surface area (Å²) in [5, 5.41) is 7.70. The van der Waals surface area contributed by atoms with Gasteiger partial charge < -0.3 is 9.73 Å². The molecule has 0 saturated carbocycles. The molecule has 0 spiro atoms. The third-order valence-corrected chi connectivity index (χ3v) is 3.17. The Labute approximate surface area is 121 Å². The summed E-state index contributed by atoms with van der Waals surface area (Å²) in [5.74, 6) is 1.64. The van der Waals surface area contributed by atoms with Gasteiger partial charge >= 0.3 is 0 Å². The minimum atomic E-state index is 0.660. The second-order valence-electron chi connectivity index (χ2n) is 4.75. The van der Waals surface area contributed by atoms with Crippen LogP contribution in [0.15, 0.2) is 29.1 Å². The Bertz CT molecular complexity index is 490. The number of furan rings is 1. The normalized spacial score (nSPS) is 11.3. The van der Waals surface area contributed by atoms with E-state index < -0.39 is 0 Å². The van der Waals surface area contributed by atoms with Crippen LogP contribution >= 0.6 is 22.6 Å². The fourth-order valence-corrected chi connectivity index (χ4v) is 2.18. The van der Waals surface area contributed by atoms with Gasteiger partial charge in [0.05, 0.1) is 22.6 Å². The van der Waals surface area contributed by atoms with Gasteiger partial charge in [-0.15, -0.1) is 0 Å². The second kappa shape index (κ2) is 6.38. The first kappa shape index (κ1) is 13.6. The molecule has 0 aliphatic heterocycles. The summed E-state index contributed by atoms with van der Waals surface area (Å²) < 4.78 is 8.57. The van der Waals surface area contributed by atoms with Gasteiger partial charge in [-0.3, -0.25) is 4.68 Å². The summed E-state index contributed by atoms with van der Waals surface area (Å²) in [6.07, 6.45) is 5.60. The van der Waals surface area contributed by atoms with E-state index in [2.05, 4.69) is 46.9 Å². The molecule has 1 N–H and O–H groups in total. The van der Waals surface area contributed by atoms with Gasteiger partial charge in [-0.25, -0.2) is 0 Å². The lowest BCUT2D eigenvalue weighted by Gasteiger charge is -2.07. The monoisotopic (exact) mass is 359 g/mol. The van der Waals surface area contributed by atoms with E-state index in [1.807, 2.05) is 23.1 Å². The van der Waals surface area contributed by atoms with Crippen LogP contribution in [0, 0.1) is 9.49 Å². The lowest BCUT2D eigenvalue weighted by atomic mass is 10.2. The first-order chi connectivity index (χ1) is 8.65. The minimum absolute atomic E-state index is 0.660. The Morgan fingerprint density at radius 2 is 2.33 bits per heavy atom. The number of aromatic nitrogens is 2. The van der Waals surface area contributed by atoms with Crippen molar-refractivity contribution in [2.24, 2.45) is 5.92 Å². The molecule has 18 heavy (non-hydrogen) atoms. The predicted octanol–water partition coefficient (Wildman–Crippen LogP) is 2.87. The molecule has 0 bridgehead atoms. The highest BCUT2D eigenvalue weighted by Gasteiger charge is 2.08. The number of rotatable bonds is 6. The quantitative estimate of drug-likeness (QED) is 0.807. The molecule has 0 unspecified atom stereocenters. The van der Waals surface area contributed by atoms with Crippen molar-refractivity contribution in [2.45, 2.75) is 26.9 Å². The van der Waals surface area contributed by atoms with Crippen molar-refractivity contribution in [1.82, 2.24) is 15.1 Å². The number of hydrogen-bond donors (Lipinski definition) is 1. The zero-order valence-electron chi connectivity index (χ0n) is 10.7. The van der Waals surface area contributed by atoms with Gasteiger partial charge in [0.25, 0.3) is 0 Å². The maximum atomic E-state index is 5.53. The van der Waals surface area contributed by atoms with Crippen LogP contribution in [0.3, 0.4) is 0 Å². The molecule has 0 aliphatic carbocycles. The Hall–Kier alpha value is -0.820. The number of hydrogen-bond acceptors (Lipinski definition) is 3. The van der Waals surface area contributed by atoms with E-state index in [0.717, 1.165) is 22.4 Å². The molecule has 98 valence electrons. The van der Waals surface area contributed by atoms with Gasteiger partial charge in [-0.1, -0.05) is 13.8 Å². The summed E-state index contributed by atoms with van der Waals surface area (Å²) >= 11 is 2.25. The fraction of sp³-hybridized carbons (Fsp3) is 0.462. The lowest BCUT2D eigenvalue weighted by Crippen LogP contribution is -2.19. The van der Waals surface area contributed by atoms with Gasteiger partial charge in [0.1, 0.15) is 5.76 Å². The SMILES string of the molecule is CC(C)CNCc1ccoc1Cn1cc(I)cn1. The van der Waals surface area contributed by atoms with Crippen molar-refractivity contribution < 1.29 is 4.42 Å². The molecule has 0 fully saturated rings. The number of halogens is 1. The van der Waals surface area contributed by atoms with E-state index in [9.17, 15) is 0 Å². The highest BCUT2D eigenvalue weighted by Crippen LogP contribution is 2.13. The first-order valence-electron chi connectivity index (χ1n) is 6.09. The molecule has 2 aromatic rings. The van der Waals surface area contributed by atoms with Gasteiger partial charge in [0.15, 0.2) is 0 Å². The van der Waals surface area contributed by atoms with Crippen molar-refractivity contribution in [2.75, 3.05) is 6.54 Å². The number of nitrogens with zero attached hydrogens (tertiary/aromatic N) is 2. The largest absolute Gasteiger partial charge is 0.467 e. The van der Waals surface area contributed by atoms with Crippen molar-refractivity contribution >= 4 is 22.6 Å². The molecular weight excluding hydrogens is 341 g/mol. The van der Waals surface area contributed by atoms with Crippen LogP contribution in [-0.2, 0) is 13.1 Å². The van der Waals surface area contributed by atoms with E-state index in [-0.39, 0.29) is 0 Å². The summed E-state index contributed by atoms with van der Waals surface area (Å²) in [7, 11) is 0. The molecule has 2 rings (SSSR count). The van der Waals surface area contributed by atoms with Crippen LogP contribution < -0.4 is 5.32 Å². The predicted molar refractivity (Wildman–Crippen MR) is 79.3 cm³/mol. The molecule has 2 aromatic heterocycles. The van der Waals surface area contributed by atoms with Gasteiger partial charge in [0, 0.05) is 18.3 Å². The molecule has 0 aliphatic rings. The molecule has 5 heteroatoms. The molecule has 0 amide bonds. The molecule has 4 nitrogen and oxygen atoms in total. The lowest BCUT2D eigenvalue weighted by molar-refractivity contribution is 0.469. The van der Waals surface area contributed by atoms with Crippen molar-refractivity contribution in [3.05, 3.63) is 39.6 Å². The zero-order chi connectivity index (χ0) is 13.0. The maximum Gasteiger partial charge on any atom is 0.129 e. The Balaban J connectivity index is 1.95. The summed E-state index contributed by atoms with van der Waals surface area (Å²) in [6, 6.07) is 2.02. The maximum absolute atomic E-state index is 5.53. The van der Waals surface area contributed by atoms with Crippen LogP contribution in [0.1, 0.15) is 25.2 Å². The van der Waals surface area contributed by atoms with Crippen molar-refractivity contribution in [1.29, 1.82) is 0 Å². The Morgan fingerprint density at radius 1 is 1.50 bits per heavy atom. The van der Waals surface area contributed by atoms with E-state index in [1.54, 1.807) is 6.26 Å². The van der Waals surface area contributed by atoms with E-state index in [4.69, 9.17) is 4.42 Å². The summed E-state index contributed by atoms with van der Waals surface area (Å²) in [4.78, 5) is 0.